The molecule has 0 radical (unpaired) electrons. The Balaban J connectivity index is 1.57. The van der Waals surface area contributed by atoms with Crippen LogP contribution < -0.4 is 0 Å². The Morgan fingerprint density at radius 1 is 1.04 bits per heavy atom. The highest BCUT2D eigenvalue weighted by Gasteiger charge is 2.26. The number of nitrogens with zero attached hydrogens (tertiary/aromatic N) is 4. The second kappa shape index (κ2) is 7.20. The monoisotopic (exact) mass is 388 g/mol. The summed E-state index contributed by atoms with van der Waals surface area (Å²) in [4.78, 5) is 13.2. The van der Waals surface area contributed by atoms with E-state index in [2.05, 4.69) is 15.0 Å². The zero-order valence-electron chi connectivity index (χ0n) is 13.8. The van der Waals surface area contributed by atoms with Gasteiger partial charge in [-0.15, -0.1) is 11.3 Å². The van der Waals surface area contributed by atoms with Gasteiger partial charge in [-0.3, -0.25) is 0 Å². The van der Waals surface area contributed by atoms with Gasteiger partial charge in [-0.2, -0.15) is 4.31 Å². The molecule has 1 aliphatic heterocycles. The number of sulfonamides is 1. The maximum absolute atomic E-state index is 12.7. The zero-order chi connectivity index (χ0) is 18.0. The van der Waals surface area contributed by atoms with E-state index in [1.54, 1.807) is 42.7 Å². The van der Waals surface area contributed by atoms with Gasteiger partial charge < -0.3 is 4.74 Å². The first-order chi connectivity index (χ1) is 12.6. The largest absolute Gasteiger partial charge is 0.379 e. The van der Waals surface area contributed by atoms with Crippen LogP contribution in [0.2, 0.25) is 0 Å². The Morgan fingerprint density at radius 3 is 2.42 bits per heavy atom. The highest BCUT2D eigenvalue weighted by Crippen LogP contribution is 2.28. The Labute approximate surface area is 155 Å². The topological polar surface area (TPSA) is 85.3 Å². The third-order valence-corrected chi connectivity index (χ3v) is 6.77. The van der Waals surface area contributed by atoms with E-state index in [4.69, 9.17) is 4.74 Å². The summed E-state index contributed by atoms with van der Waals surface area (Å²) < 4.78 is 32.0. The first-order valence-electron chi connectivity index (χ1n) is 8.06. The third-order valence-electron chi connectivity index (χ3n) is 4.02. The summed E-state index contributed by atoms with van der Waals surface area (Å²) in [5.41, 5.74) is 1.62. The predicted molar refractivity (Wildman–Crippen MR) is 98.2 cm³/mol. The summed E-state index contributed by atoms with van der Waals surface area (Å²) in [7, 11) is -3.48. The molecule has 0 aliphatic carbocycles. The number of thiazole rings is 1. The summed E-state index contributed by atoms with van der Waals surface area (Å²) >= 11 is 1.45. The van der Waals surface area contributed by atoms with Crippen LogP contribution in [0.3, 0.4) is 0 Å². The minimum Gasteiger partial charge on any atom is -0.379 e. The van der Waals surface area contributed by atoms with E-state index in [0.717, 1.165) is 16.3 Å². The van der Waals surface area contributed by atoms with Crippen LogP contribution in [0.1, 0.15) is 0 Å². The number of rotatable bonds is 4. The number of morpholine rings is 1. The molecule has 9 heteroatoms. The van der Waals surface area contributed by atoms with Crippen LogP contribution in [0.15, 0.2) is 53.0 Å². The van der Waals surface area contributed by atoms with Crippen LogP contribution >= 0.6 is 11.3 Å². The molecule has 1 fully saturated rings. The van der Waals surface area contributed by atoms with Crippen molar-refractivity contribution in [1.29, 1.82) is 0 Å². The van der Waals surface area contributed by atoms with Gasteiger partial charge in [-0.05, 0) is 18.2 Å². The second-order valence-electron chi connectivity index (χ2n) is 5.65. The fraction of sp³-hybridized carbons (Fsp3) is 0.235. The summed E-state index contributed by atoms with van der Waals surface area (Å²) in [6.45, 7) is 1.63. The lowest BCUT2D eigenvalue weighted by atomic mass is 10.2. The van der Waals surface area contributed by atoms with E-state index in [0.29, 0.717) is 32.1 Å². The van der Waals surface area contributed by atoms with Gasteiger partial charge in [0, 0.05) is 36.4 Å². The summed E-state index contributed by atoms with van der Waals surface area (Å²) in [6, 6.07) is 8.55. The quantitative estimate of drug-likeness (QED) is 0.682. The molecule has 0 N–H and O–H groups in total. The maximum Gasteiger partial charge on any atom is 0.243 e. The van der Waals surface area contributed by atoms with Crippen LogP contribution in [0, 0.1) is 0 Å². The van der Waals surface area contributed by atoms with E-state index in [1.165, 1.54) is 15.6 Å². The normalized spacial score (nSPS) is 15.8. The molecular formula is C17H16N4O3S2. The molecule has 0 bridgehead atoms. The van der Waals surface area contributed by atoms with Gasteiger partial charge in [-0.1, -0.05) is 12.1 Å². The van der Waals surface area contributed by atoms with Crippen molar-refractivity contribution >= 4 is 21.4 Å². The number of benzene rings is 1. The lowest BCUT2D eigenvalue weighted by Gasteiger charge is -2.26. The molecule has 3 aromatic rings. The third kappa shape index (κ3) is 3.38. The van der Waals surface area contributed by atoms with E-state index in [-0.39, 0.29) is 4.90 Å². The first kappa shape index (κ1) is 17.2. The molecule has 1 saturated heterocycles. The molecule has 0 atom stereocenters. The van der Waals surface area contributed by atoms with Crippen molar-refractivity contribution in [3.05, 3.63) is 48.1 Å². The molecule has 0 amide bonds. The molecule has 1 aliphatic rings. The van der Waals surface area contributed by atoms with Crippen LogP contribution in [0.25, 0.3) is 22.1 Å². The lowest BCUT2D eigenvalue weighted by Crippen LogP contribution is -2.40. The Morgan fingerprint density at radius 2 is 1.73 bits per heavy atom. The molecule has 0 spiro atoms. The maximum atomic E-state index is 12.7. The molecule has 0 saturated carbocycles. The van der Waals surface area contributed by atoms with Gasteiger partial charge in [0.05, 0.1) is 23.8 Å². The summed E-state index contributed by atoms with van der Waals surface area (Å²) in [5.74, 6) is 0.579. The molecule has 3 heterocycles. The van der Waals surface area contributed by atoms with Crippen molar-refractivity contribution in [3.63, 3.8) is 0 Å². The first-order valence-corrected chi connectivity index (χ1v) is 10.4. The SMILES string of the molecule is O=S(=O)(c1ccc(-c2csc(-c3ncccn3)n2)cc1)N1CCOCC1. The average molecular weight is 388 g/mol. The zero-order valence-corrected chi connectivity index (χ0v) is 15.4. The fourth-order valence-electron chi connectivity index (χ4n) is 2.65. The Bertz CT molecular complexity index is 982. The van der Waals surface area contributed by atoms with Gasteiger partial charge in [0.15, 0.2) is 10.8 Å². The highest BCUT2D eigenvalue weighted by molar-refractivity contribution is 7.89. The molecular weight excluding hydrogens is 372 g/mol. The van der Waals surface area contributed by atoms with Crippen LogP contribution in [0.4, 0.5) is 0 Å². The lowest BCUT2D eigenvalue weighted by molar-refractivity contribution is 0.0730. The van der Waals surface area contributed by atoms with E-state index >= 15 is 0 Å². The van der Waals surface area contributed by atoms with Crippen molar-refractivity contribution in [2.24, 2.45) is 0 Å². The minimum absolute atomic E-state index is 0.282. The standard InChI is InChI=1S/C17H16N4O3S2/c22-26(23,21-8-10-24-11-9-21)14-4-2-13(3-5-14)15-12-25-17(20-15)16-18-6-1-7-19-16/h1-7,12H,8-11H2. The Hall–Kier alpha value is -2.20. The second-order valence-corrected chi connectivity index (χ2v) is 8.45. The molecule has 134 valence electrons. The fourth-order valence-corrected chi connectivity index (χ4v) is 4.83. The van der Waals surface area contributed by atoms with Gasteiger partial charge in [0.1, 0.15) is 0 Å². The minimum atomic E-state index is -3.48. The number of ether oxygens (including phenoxy) is 1. The molecule has 0 unspecified atom stereocenters. The van der Waals surface area contributed by atoms with Gasteiger partial charge in [0.25, 0.3) is 0 Å². The molecule has 1 aromatic carbocycles. The van der Waals surface area contributed by atoms with Crippen molar-refractivity contribution in [1.82, 2.24) is 19.3 Å². The smallest absolute Gasteiger partial charge is 0.243 e. The van der Waals surface area contributed by atoms with E-state index in [9.17, 15) is 8.42 Å². The van der Waals surface area contributed by atoms with Gasteiger partial charge in [-0.25, -0.2) is 23.4 Å². The number of hydrogen-bond donors (Lipinski definition) is 0. The summed E-state index contributed by atoms with van der Waals surface area (Å²) in [6.07, 6.45) is 3.35. The van der Waals surface area contributed by atoms with Gasteiger partial charge in [0.2, 0.25) is 10.0 Å². The van der Waals surface area contributed by atoms with Crippen molar-refractivity contribution in [2.45, 2.75) is 4.90 Å². The molecule has 26 heavy (non-hydrogen) atoms. The van der Waals surface area contributed by atoms with Crippen LogP contribution in [0.5, 0.6) is 0 Å². The predicted octanol–water partition coefficient (Wildman–Crippen LogP) is 2.29. The van der Waals surface area contributed by atoms with Crippen LogP contribution in [-0.2, 0) is 14.8 Å². The highest BCUT2D eigenvalue weighted by atomic mass is 32.2. The van der Waals surface area contributed by atoms with Gasteiger partial charge >= 0.3 is 0 Å². The Kier molecular flexibility index (Phi) is 4.77. The van der Waals surface area contributed by atoms with Crippen molar-refractivity contribution < 1.29 is 13.2 Å². The van der Waals surface area contributed by atoms with Crippen molar-refractivity contribution in [3.8, 4) is 22.1 Å². The number of aromatic nitrogens is 3. The van der Waals surface area contributed by atoms with E-state index in [1.807, 2.05) is 5.38 Å². The summed E-state index contributed by atoms with van der Waals surface area (Å²) in [5, 5.41) is 2.64. The average Bonchev–Trinajstić information content (AvgIpc) is 3.20. The molecule has 7 nitrogen and oxygen atoms in total. The van der Waals surface area contributed by atoms with Crippen molar-refractivity contribution in [2.75, 3.05) is 26.3 Å². The molecule has 2 aromatic heterocycles. The molecule has 4 rings (SSSR count). The van der Waals surface area contributed by atoms with Crippen LogP contribution in [-0.4, -0.2) is 54.0 Å². The van der Waals surface area contributed by atoms with E-state index < -0.39 is 10.0 Å². The number of hydrogen-bond acceptors (Lipinski definition) is 7.